The third kappa shape index (κ3) is 4.02. The Hall–Kier alpha value is -4.06. The van der Waals surface area contributed by atoms with E-state index in [9.17, 15) is 0 Å². The van der Waals surface area contributed by atoms with Gasteiger partial charge < -0.3 is 0 Å². The van der Waals surface area contributed by atoms with Crippen LogP contribution >= 0.6 is 0 Å². The first-order valence-electron chi connectivity index (χ1n) is 8.69. The first kappa shape index (κ1) is 17.4. The van der Waals surface area contributed by atoms with Gasteiger partial charge in [0.25, 0.3) is 0 Å². The first-order valence-corrected chi connectivity index (χ1v) is 8.69. The molecule has 4 heterocycles. The minimum Gasteiger partial charge on any atom is -0.265 e. The molecule has 0 radical (unpaired) electrons. The number of rotatable bonds is 5. The molecule has 0 aliphatic heterocycles. The van der Waals surface area contributed by atoms with Crippen LogP contribution in [0.15, 0.2) is 108 Å². The van der Waals surface area contributed by atoms with E-state index in [0.29, 0.717) is 0 Å². The van der Waals surface area contributed by atoms with Gasteiger partial charge in [0.15, 0.2) is 0 Å². The Morgan fingerprint density at radius 2 is 0.607 bits per heavy atom. The van der Waals surface area contributed by atoms with E-state index in [0.717, 1.165) is 33.7 Å². The van der Waals surface area contributed by atoms with Crippen LogP contribution < -0.4 is 0 Å². The smallest absolute Gasteiger partial charge is 0.100 e. The first-order chi connectivity index (χ1) is 13.9. The Morgan fingerprint density at radius 3 is 0.821 bits per heavy atom. The fourth-order valence-electron chi connectivity index (χ4n) is 2.70. The highest BCUT2D eigenvalue weighted by Crippen LogP contribution is 2.13. The lowest BCUT2D eigenvalue weighted by Crippen LogP contribution is -2.06. The van der Waals surface area contributed by atoms with Crippen molar-refractivity contribution < 1.29 is 0 Å². The predicted molar refractivity (Wildman–Crippen MR) is 108 cm³/mol. The minimum absolute atomic E-state index is 0.741. The van der Waals surface area contributed by atoms with Crippen molar-refractivity contribution >= 4 is 11.4 Å². The molecule has 4 aromatic rings. The fourth-order valence-corrected chi connectivity index (χ4v) is 2.70. The Bertz CT molecular complexity index is 905. The van der Waals surface area contributed by atoms with Gasteiger partial charge in [-0.05, 0) is 48.5 Å². The lowest BCUT2D eigenvalue weighted by atomic mass is 10.0. The SMILES string of the molecule is c1cc(C(=NN=C(c2ccncc2)c2ccncc2)c2ccncc2)ccn1. The fraction of sp³-hybridized carbons (Fsp3) is 0. The number of hydrogen-bond donors (Lipinski definition) is 0. The lowest BCUT2D eigenvalue weighted by Gasteiger charge is -2.07. The zero-order chi connectivity index (χ0) is 19.0. The summed E-state index contributed by atoms with van der Waals surface area (Å²) in [6, 6.07) is 15.3. The summed E-state index contributed by atoms with van der Waals surface area (Å²) in [4.78, 5) is 16.4. The van der Waals surface area contributed by atoms with E-state index in [2.05, 4.69) is 30.1 Å². The molecule has 28 heavy (non-hydrogen) atoms. The molecule has 0 bridgehead atoms. The van der Waals surface area contributed by atoms with E-state index < -0.39 is 0 Å². The molecule has 0 spiro atoms. The molecule has 6 nitrogen and oxygen atoms in total. The Kier molecular flexibility index (Phi) is 5.30. The van der Waals surface area contributed by atoms with Crippen LogP contribution in [0.25, 0.3) is 0 Å². The summed E-state index contributed by atoms with van der Waals surface area (Å²) in [6.07, 6.45) is 13.9. The van der Waals surface area contributed by atoms with Gasteiger partial charge >= 0.3 is 0 Å². The van der Waals surface area contributed by atoms with Crippen molar-refractivity contribution in [2.75, 3.05) is 0 Å². The standard InChI is InChI=1S/C22H16N6/c1-9-23-10-2-17(1)21(18-3-11-24-12-4-18)27-28-22(19-5-13-25-14-6-19)20-7-15-26-16-8-20/h1-16H. The molecule has 4 aromatic heterocycles. The molecule has 0 atom stereocenters. The predicted octanol–water partition coefficient (Wildman–Crippen LogP) is 3.56. The average molecular weight is 364 g/mol. The van der Waals surface area contributed by atoms with Crippen LogP contribution in [-0.2, 0) is 0 Å². The molecular formula is C22H16N6. The van der Waals surface area contributed by atoms with Gasteiger partial charge in [-0.3, -0.25) is 19.9 Å². The van der Waals surface area contributed by atoms with Gasteiger partial charge in [-0.15, -0.1) is 10.2 Å². The molecule has 0 aromatic carbocycles. The number of nitrogens with zero attached hydrogens (tertiary/aromatic N) is 6. The summed E-state index contributed by atoms with van der Waals surface area (Å²) < 4.78 is 0. The van der Waals surface area contributed by atoms with Gasteiger partial charge in [0, 0.05) is 71.8 Å². The molecule has 0 saturated carbocycles. The van der Waals surface area contributed by atoms with Crippen molar-refractivity contribution in [3.8, 4) is 0 Å². The third-order valence-electron chi connectivity index (χ3n) is 4.07. The van der Waals surface area contributed by atoms with Crippen molar-refractivity contribution in [3.63, 3.8) is 0 Å². The summed E-state index contributed by atoms with van der Waals surface area (Å²) in [5.41, 5.74) is 5.18. The summed E-state index contributed by atoms with van der Waals surface area (Å²) in [7, 11) is 0. The molecule has 6 heteroatoms. The molecule has 0 aliphatic carbocycles. The van der Waals surface area contributed by atoms with Crippen LogP contribution in [0.4, 0.5) is 0 Å². The molecule has 0 amide bonds. The highest BCUT2D eigenvalue weighted by molar-refractivity contribution is 6.15. The third-order valence-corrected chi connectivity index (χ3v) is 4.07. The summed E-state index contributed by atoms with van der Waals surface area (Å²) >= 11 is 0. The summed E-state index contributed by atoms with van der Waals surface area (Å²) in [6.45, 7) is 0. The van der Waals surface area contributed by atoms with Crippen LogP contribution in [-0.4, -0.2) is 31.4 Å². The zero-order valence-corrected chi connectivity index (χ0v) is 14.9. The second kappa shape index (κ2) is 8.55. The molecule has 0 unspecified atom stereocenters. The number of hydrogen-bond acceptors (Lipinski definition) is 6. The molecule has 4 rings (SSSR count). The molecule has 0 aliphatic rings. The van der Waals surface area contributed by atoms with Gasteiger partial charge in [-0.2, -0.15) is 0 Å². The van der Waals surface area contributed by atoms with Crippen LogP contribution in [0, 0.1) is 0 Å². The van der Waals surface area contributed by atoms with Crippen molar-refractivity contribution in [1.29, 1.82) is 0 Å². The highest BCUT2D eigenvalue weighted by Gasteiger charge is 2.10. The van der Waals surface area contributed by atoms with Gasteiger partial charge in [0.1, 0.15) is 11.4 Å². The molecule has 134 valence electrons. The van der Waals surface area contributed by atoms with E-state index in [1.165, 1.54) is 0 Å². The van der Waals surface area contributed by atoms with Crippen LogP contribution in [0.5, 0.6) is 0 Å². The second-order valence-corrected chi connectivity index (χ2v) is 5.84. The molecular weight excluding hydrogens is 348 g/mol. The second-order valence-electron chi connectivity index (χ2n) is 5.84. The zero-order valence-electron chi connectivity index (χ0n) is 14.9. The van der Waals surface area contributed by atoms with Crippen molar-refractivity contribution in [1.82, 2.24) is 19.9 Å². The maximum Gasteiger partial charge on any atom is 0.100 e. The molecule has 0 saturated heterocycles. The largest absolute Gasteiger partial charge is 0.265 e. The maximum absolute atomic E-state index is 4.63. The molecule has 0 fully saturated rings. The normalized spacial score (nSPS) is 10.1. The lowest BCUT2D eigenvalue weighted by molar-refractivity contribution is 1.21. The quantitative estimate of drug-likeness (QED) is 0.401. The Balaban J connectivity index is 1.87. The average Bonchev–Trinajstić information content (AvgIpc) is 2.79. The van der Waals surface area contributed by atoms with Gasteiger partial charge in [0.05, 0.1) is 0 Å². The van der Waals surface area contributed by atoms with Gasteiger partial charge in [-0.25, -0.2) is 0 Å². The number of pyridine rings is 4. The Labute approximate surface area is 162 Å². The Morgan fingerprint density at radius 1 is 0.393 bits per heavy atom. The minimum atomic E-state index is 0.741. The van der Waals surface area contributed by atoms with Crippen LogP contribution in [0.1, 0.15) is 22.3 Å². The number of aromatic nitrogens is 4. The van der Waals surface area contributed by atoms with Crippen LogP contribution in [0.3, 0.4) is 0 Å². The topological polar surface area (TPSA) is 76.3 Å². The van der Waals surface area contributed by atoms with E-state index in [1.54, 1.807) is 49.6 Å². The van der Waals surface area contributed by atoms with Gasteiger partial charge in [-0.1, -0.05) is 0 Å². The summed E-state index contributed by atoms with van der Waals surface area (Å²) in [5.74, 6) is 0. The van der Waals surface area contributed by atoms with E-state index >= 15 is 0 Å². The van der Waals surface area contributed by atoms with Gasteiger partial charge in [0.2, 0.25) is 0 Å². The van der Waals surface area contributed by atoms with Crippen molar-refractivity contribution in [3.05, 3.63) is 120 Å². The highest BCUT2D eigenvalue weighted by atomic mass is 15.2. The monoisotopic (exact) mass is 364 g/mol. The van der Waals surface area contributed by atoms with Crippen LogP contribution in [0.2, 0.25) is 0 Å². The molecule has 0 N–H and O–H groups in total. The van der Waals surface area contributed by atoms with Crippen molar-refractivity contribution in [2.24, 2.45) is 10.2 Å². The van der Waals surface area contributed by atoms with Crippen molar-refractivity contribution in [2.45, 2.75) is 0 Å². The van der Waals surface area contributed by atoms with E-state index in [4.69, 9.17) is 0 Å². The van der Waals surface area contributed by atoms with E-state index in [-0.39, 0.29) is 0 Å². The van der Waals surface area contributed by atoms with E-state index in [1.807, 2.05) is 48.5 Å². The summed E-state index contributed by atoms with van der Waals surface area (Å²) in [5, 5.41) is 9.25. The maximum atomic E-state index is 4.63.